The summed E-state index contributed by atoms with van der Waals surface area (Å²) in [5, 5.41) is 6.31. The summed E-state index contributed by atoms with van der Waals surface area (Å²) in [5.41, 5.74) is 1.42. The summed E-state index contributed by atoms with van der Waals surface area (Å²) in [5.74, 6) is -1.92. The molecule has 1 heterocycles. The molecule has 0 spiro atoms. The van der Waals surface area contributed by atoms with E-state index in [-0.39, 0.29) is 0 Å². The van der Waals surface area contributed by atoms with E-state index in [1.54, 1.807) is 42.6 Å². The first-order valence-electron chi connectivity index (χ1n) is 6.20. The zero-order valence-electron chi connectivity index (χ0n) is 11.5. The number of nitrogens with one attached hydrogen (secondary N) is 2. The highest BCUT2D eigenvalue weighted by Gasteiger charge is 2.05. The number of ether oxygens (including phenoxy) is 1. The third-order valence-corrected chi connectivity index (χ3v) is 3.47. The number of thiocarbonyl (C=S) groups is 1. The Morgan fingerprint density at radius 1 is 1.14 bits per heavy atom. The Morgan fingerprint density at radius 2 is 1.77 bits per heavy atom. The van der Waals surface area contributed by atoms with E-state index in [0.29, 0.717) is 39.0 Å². The molecule has 0 aliphatic rings. The first-order valence-corrected chi connectivity index (χ1v) is 7.48. The smallest absolute Gasteiger partial charge is 0.288 e. The zero-order chi connectivity index (χ0) is 15.9. The summed E-state index contributed by atoms with van der Waals surface area (Å²) in [7, 11) is 1.54. The summed E-state index contributed by atoms with van der Waals surface area (Å²) in [6, 6.07) is 10.1. The minimum atomic E-state index is -2.43. The van der Waals surface area contributed by atoms with Crippen molar-refractivity contribution >= 4 is 40.5 Å². The zero-order valence-corrected chi connectivity index (χ0v) is 13.2. The number of rotatable bonds is 5. The minimum Gasteiger partial charge on any atom is -0.481 e. The van der Waals surface area contributed by atoms with Gasteiger partial charge in [0.2, 0.25) is 5.88 Å². The Morgan fingerprint density at radius 3 is 2.32 bits per heavy atom. The van der Waals surface area contributed by atoms with Gasteiger partial charge in [-0.2, -0.15) is 8.78 Å². The number of anilines is 2. The molecule has 2 rings (SSSR count). The predicted molar refractivity (Wildman–Crippen MR) is 88.9 cm³/mol. The Labute approximate surface area is 136 Å². The average Bonchev–Trinajstić information content (AvgIpc) is 2.49. The van der Waals surface area contributed by atoms with E-state index in [0.717, 1.165) is 0 Å². The molecule has 0 radical (unpaired) electrons. The lowest BCUT2D eigenvalue weighted by molar-refractivity contribution is 0.252. The van der Waals surface area contributed by atoms with Gasteiger partial charge >= 0.3 is 0 Å². The van der Waals surface area contributed by atoms with Crippen LogP contribution in [0.15, 0.2) is 47.5 Å². The molecule has 1 aromatic carbocycles. The van der Waals surface area contributed by atoms with E-state index in [2.05, 4.69) is 15.6 Å². The van der Waals surface area contributed by atoms with Crippen molar-refractivity contribution in [2.75, 3.05) is 17.7 Å². The van der Waals surface area contributed by atoms with Gasteiger partial charge in [0.15, 0.2) is 5.11 Å². The number of halogens is 2. The van der Waals surface area contributed by atoms with E-state index < -0.39 is 5.76 Å². The normalized spacial score (nSPS) is 10.4. The topological polar surface area (TPSA) is 46.2 Å². The van der Waals surface area contributed by atoms with Gasteiger partial charge in [0, 0.05) is 16.6 Å². The Bertz CT molecular complexity index is 621. The Balaban J connectivity index is 1.90. The van der Waals surface area contributed by atoms with Crippen molar-refractivity contribution in [3.05, 3.63) is 42.6 Å². The molecule has 0 unspecified atom stereocenters. The summed E-state index contributed by atoms with van der Waals surface area (Å²) in [6.45, 7) is 0. The summed E-state index contributed by atoms with van der Waals surface area (Å²) >= 11 is 5.68. The molecule has 0 aliphatic heterocycles. The fourth-order valence-corrected chi connectivity index (χ4v) is 2.32. The van der Waals surface area contributed by atoms with Crippen LogP contribution in [0.1, 0.15) is 0 Å². The molecular weight excluding hydrogens is 328 g/mol. The van der Waals surface area contributed by atoms with E-state index >= 15 is 0 Å². The molecule has 8 heteroatoms. The van der Waals surface area contributed by atoms with E-state index in [9.17, 15) is 8.78 Å². The number of benzene rings is 1. The molecule has 22 heavy (non-hydrogen) atoms. The van der Waals surface area contributed by atoms with Gasteiger partial charge in [-0.1, -0.05) is 11.8 Å². The number of hydrogen-bond acceptors (Lipinski definition) is 4. The van der Waals surface area contributed by atoms with Gasteiger partial charge in [0.25, 0.3) is 5.76 Å². The molecular formula is C14H13F2N3OS2. The average molecular weight is 341 g/mol. The number of thioether (sulfide) groups is 1. The van der Waals surface area contributed by atoms with Crippen LogP contribution in [-0.2, 0) is 0 Å². The molecule has 0 fully saturated rings. The Hall–Kier alpha value is -1.93. The monoisotopic (exact) mass is 341 g/mol. The maximum Gasteiger partial charge on any atom is 0.288 e. The lowest BCUT2D eigenvalue weighted by atomic mass is 10.3. The van der Waals surface area contributed by atoms with Crippen LogP contribution in [0.25, 0.3) is 0 Å². The van der Waals surface area contributed by atoms with Crippen LogP contribution >= 0.6 is 24.0 Å². The molecule has 0 saturated heterocycles. The molecule has 1 aromatic heterocycles. The highest BCUT2D eigenvalue weighted by Crippen LogP contribution is 2.26. The van der Waals surface area contributed by atoms with Crippen LogP contribution in [0.4, 0.5) is 20.2 Å². The van der Waals surface area contributed by atoms with Gasteiger partial charge in [0.1, 0.15) is 0 Å². The van der Waals surface area contributed by atoms with Crippen molar-refractivity contribution in [2.45, 2.75) is 10.7 Å². The molecule has 0 aliphatic carbocycles. The lowest BCUT2D eigenvalue weighted by Gasteiger charge is -2.11. The second-order valence-corrected chi connectivity index (χ2v) is 5.54. The summed E-state index contributed by atoms with van der Waals surface area (Å²) in [4.78, 5) is 4.55. The van der Waals surface area contributed by atoms with Crippen molar-refractivity contribution in [1.29, 1.82) is 0 Å². The molecule has 4 nitrogen and oxygen atoms in total. The van der Waals surface area contributed by atoms with E-state index in [1.165, 1.54) is 7.11 Å². The molecule has 0 saturated carbocycles. The largest absolute Gasteiger partial charge is 0.481 e. The SMILES string of the molecule is COc1ccc(NC(=S)Nc2ccc(SC(F)F)cc2)cn1. The van der Waals surface area contributed by atoms with Crippen LogP contribution in [0.2, 0.25) is 0 Å². The summed E-state index contributed by atoms with van der Waals surface area (Å²) in [6.07, 6.45) is 1.59. The minimum absolute atomic E-state index is 0.376. The lowest BCUT2D eigenvalue weighted by Crippen LogP contribution is -2.19. The molecule has 2 N–H and O–H groups in total. The second-order valence-electron chi connectivity index (χ2n) is 4.07. The number of aromatic nitrogens is 1. The highest BCUT2D eigenvalue weighted by molar-refractivity contribution is 7.99. The van der Waals surface area contributed by atoms with Crippen molar-refractivity contribution in [3.63, 3.8) is 0 Å². The van der Waals surface area contributed by atoms with Gasteiger partial charge in [-0.3, -0.25) is 0 Å². The number of methoxy groups -OCH3 is 1. The van der Waals surface area contributed by atoms with E-state index in [1.807, 2.05) is 0 Å². The molecule has 2 aromatic rings. The quantitative estimate of drug-likeness (QED) is 0.627. The predicted octanol–water partition coefficient (Wildman–Crippen LogP) is 4.21. The number of nitrogens with zero attached hydrogens (tertiary/aromatic N) is 1. The molecule has 116 valence electrons. The van der Waals surface area contributed by atoms with Crippen LogP contribution in [0.5, 0.6) is 5.88 Å². The highest BCUT2D eigenvalue weighted by atomic mass is 32.2. The van der Waals surface area contributed by atoms with E-state index in [4.69, 9.17) is 17.0 Å². The first-order chi connectivity index (χ1) is 10.6. The van der Waals surface area contributed by atoms with Crippen LogP contribution in [0, 0.1) is 0 Å². The fourth-order valence-electron chi connectivity index (χ4n) is 1.59. The van der Waals surface area contributed by atoms with Crippen molar-refractivity contribution < 1.29 is 13.5 Å². The molecule has 0 amide bonds. The maximum atomic E-state index is 12.2. The van der Waals surface area contributed by atoms with Crippen LogP contribution < -0.4 is 15.4 Å². The first kappa shape index (κ1) is 16.4. The van der Waals surface area contributed by atoms with Crippen molar-refractivity contribution in [3.8, 4) is 5.88 Å². The third kappa shape index (κ3) is 5.12. The van der Waals surface area contributed by atoms with Gasteiger partial charge in [-0.25, -0.2) is 4.98 Å². The second kappa shape index (κ2) is 7.90. The maximum absolute atomic E-state index is 12.2. The molecule has 0 atom stereocenters. The van der Waals surface area contributed by atoms with Crippen LogP contribution in [-0.4, -0.2) is 23.0 Å². The standard InChI is InChI=1S/C14H13F2N3OS2/c1-20-12-7-4-10(8-17-12)19-14(21)18-9-2-5-11(6-3-9)22-13(15)16/h2-8,13H,1H3,(H2,18,19,21). The number of hydrogen-bond donors (Lipinski definition) is 2. The van der Waals surface area contributed by atoms with Gasteiger partial charge < -0.3 is 15.4 Å². The Kier molecular flexibility index (Phi) is 5.91. The van der Waals surface area contributed by atoms with Gasteiger partial charge in [-0.05, 0) is 42.5 Å². The van der Waals surface area contributed by atoms with Crippen molar-refractivity contribution in [2.24, 2.45) is 0 Å². The number of pyridine rings is 1. The summed E-state index contributed by atoms with van der Waals surface area (Å²) < 4.78 is 29.4. The van der Waals surface area contributed by atoms with Crippen LogP contribution in [0.3, 0.4) is 0 Å². The fraction of sp³-hybridized carbons (Fsp3) is 0.143. The van der Waals surface area contributed by atoms with Gasteiger partial charge in [-0.15, -0.1) is 0 Å². The molecule has 0 bridgehead atoms. The third-order valence-electron chi connectivity index (χ3n) is 2.54. The van der Waals surface area contributed by atoms with Crippen molar-refractivity contribution in [1.82, 2.24) is 4.98 Å². The number of alkyl halides is 2. The van der Waals surface area contributed by atoms with Gasteiger partial charge in [0.05, 0.1) is 19.0 Å².